The van der Waals surface area contributed by atoms with Gasteiger partial charge >= 0.3 is 0 Å². The summed E-state index contributed by atoms with van der Waals surface area (Å²) < 4.78 is 0. The van der Waals surface area contributed by atoms with Crippen LogP contribution in [0.2, 0.25) is 0 Å². The van der Waals surface area contributed by atoms with Crippen molar-refractivity contribution in [2.45, 2.75) is 39.5 Å². The number of anilines is 4. The van der Waals surface area contributed by atoms with Crippen LogP contribution in [0.25, 0.3) is 23.3 Å². The van der Waals surface area contributed by atoms with Crippen LogP contribution in [0.15, 0.2) is 152 Å². The van der Waals surface area contributed by atoms with Crippen LogP contribution >= 0.6 is 0 Å². The number of carbonyl (C=O) groups excluding carboxylic acids is 2. The van der Waals surface area contributed by atoms with E-state index in [2.05, 4.69) is 62.9 Å². The van der Waals surface area contributed by atoms with E-state index in [4.69, 9.17) is 5.26 Å². The van der Waals surface area contributed by atoms with Crippen molar-refractivity contribution >= 4 is 57.9 Å². The molecule has 5 heteroatoms. The largest absolute Gasteiger partial charge is 0.311 e. The Labute approximate surface area is 317 Å². The minimum absolute atomic E-state index is 0.0928. The summed E-state index contributed by atoms with van der Waals surface area (Å²) >= 11 is 0. The van der Waals surface area contributed by atoms with Gasteiger partial charge in [-0.15, -0.1) is 0 Å². The molecule has 0 spiro atoms. The molecular formula is C49H41N3O2. The standard InChI is InChI=1S/C49H41N3O2/c1-33(2)43-16-11-17-44(34(3)4)47(43)52-48(53)45(38-26-24-36(25-27-38)19-18-35-20-22-37(32-50)23-21-35)46(49(52)54)39-28-30-42(31-29-39)51(40-12-7-5-8-13-40)41-14-9-6-10-15-41/h5-31,33-34H,1-4H3/b19-18+. The van der Waals surface area contributed by atoms with E-state index in [0.717, 1.165) is 39.3 Å². The van der Waals surface area contributed by atoms with Gasteiger partial charge in [-0.2, -0.15) is 5.26 Å². The molecule has 0 unspecified atom stereocenters. The fraction of sp³-hybridized carbons (Fsp3) is 0.122. The van der Waals surface area contributed by atoms with Gasteiger partial charge in [0.15, 0.2) is 0 Å². The van der Waals surface area contributed by atoms with Crippen molar-refractivity contribution in [1.82, 2.24) is 0 Å². The summed E-state index contributed by atoms with van der Waals surface area (Å²) in [4.78, 5) is 33.3. The van der Waals surface area contributed by atoms with Gasteiger partial charge in [0.05, 0.1) is 28.5 Å². The van der Waals surface area contributed by atoms with E-state index in [1.807, 2.05) is 127 Å². The molecule has 0 aromatic heterocycles. The Hall–Kier alpha value is -6.77. The lowest BCUT2D eigenvalue weighted by atomic mass is 9.91. The number of imide groups is 1. The highest BCUT2D eigenvalue weighted by molar-refractivity contribution is 6.57. The molecule has 1 aliphatic rings. The minimum atomic E-state index is -0.329. The predicted molar refractivity (Wildman–Crippen MR) is 222 cm³/mol. The van der Waals surface area contributed by atoms with Crippen LogP contribution < -0.4 is 9.80 Å². The lowest BCUT2D eigenvalue weighted by Crippen LogP contribution is -2.33. The summed E-state index contributed by atoms with van der Waals surface area (Å²) in [5.41, 5.74) is 10.2. The monoisotopic (exact) mass is 703 g/mol. The number of benzene rings is 6. The Morgan fingerprint density at radius 1 is 0.519 bits per heavy atom. The molecule has 0 aliphatic carbocycles. The molecule has 0 saturated carbocycles. The van der Waals surface area contributed by atoms with Crippen LogP contribution in [-0.4, -0.2) is 11.8 Å². The van der Waals surface area contributed by atoms with Gasteiger partial charge in [0, 0.05) is 17.1 Å². The first-order valence-electron chi connectivity index (χ1n) is 18.3. The van der Waals surface area contributed by atoms with Crippen LogP contribution in [0.5, 0.6) is 0 Å². The van der Waals surface area contributed by atoms with Gasteiger partial charge in [0.2, 0.25) is 0 Å². The number of nitrogens with zero attached hydrogens (tertiary/aromatic N) is 3. The summed E-state index contributed by atoms with van der Waals surface area (Å²) in [7, 11) is 0. The third-order valence-corrected chi connectivity index (χ3v) is 9.80. The molecule has 264 valence electrons. The van der Waals surface area contributed by atoms with Crippen LogP contribution in [0.1, 0.15) is 78.5 Å². The molecule has 0 N–H and O–H groups in total. The van der Waals surface area contributed by atoms with Crippen molar-refractivity contribution in [2.75, 3.05) is 9.80 Å². The molecule has 2 amide bonds. The topological polar surface area (TPSA) is 64.4 Å². The summed E-state index contributed by atoms with van der Waals surface area (Å²) in [6.07, 6.45) is 3.98. The maximum absolute atomic E-state index is 14.9. The van der Waals surface area contributed by atoms with Gasteiger partial charge in [0.25, 0.3) is 11.8 Å². The minimum Gasteiger partial charge on any atom is -0.311 e. The second-order valence-corrected chi connectivity index (χ2v) is 14.0. The molecule has 0 fully saturated rings. The number of nitriles is 1. The summed E-state index contributed by atoms with van der Waals surface area (Å²) in [6.45, 7) is 8.38. The maximum Gasteiger partial charge on any atom is 0.266 e. The molecule has 0 saturated heterocycles. The second-order valence-electron chi connectivity index (χ2n) is 14.0. The van der Waals surface area contributed by atoms with E-state index >= 15 is 0 Å². The van der Waals surface area contributed by atoms with E-state index in [0.29, 0.717) is 33.5 Å². The number of carbonyl (C=O) groups is 2. The number of amides is 2. The number of hydrogen-bond donors (Lipinski definition) is 0. The van der Waals surface area contributed by atoms with Crippen molar-refractivity contribution in [2.24, 2.45) is 0 Å². The van der Waals surface area contributed by atoms with Crippen LogP contribution in [0.4, 0.5) is 22.7 Å². The van der Waals surface area contributed by atoms with Gasteiger partial charge < -0.3 is 4.90 Å². The number of rotatable bonds is 10. The first-order chi connectivity index (χ1) is 26.2. The fourth-order valence-electron chi connectivity index (χ4n) is 7.04. The Balaban J connectivity index is 1.33. The number of hydrogen-bond acceptors (Lipinski definition) is 4. The second kappa shape index (κ2) is 15.5. The van der Waals surface area contributed by atoms with Gasteiger partial charge in [-0.05, 0) is 93.7 Å². The first kappa shape index (κ1) is 35.6. The lowest BCUT2D eigenvalue weighted by Gasteiger charge is -2.26. The first-order valence-corrected chi connectivity index (χ1v) is 18.3. The van der Waals surface area contributed by atoms with Gasteiger partial charge in [0.1, 0.15) is 0 Å². The van der Waals surface area contributed by atoms with Gasteiger partial charge in [-0.1, -0.05) is 143 Å². The highest BCUT2D eigenvalue weighted by atomic mass is 16.2. The molecule has 6 aromatic rings. The van der Waals surface area contributed by atoms with E-state index in [-0.39, 0.29) is 23.7 Å². The van der Waals surface area contributed by atoms with Crippen molar-refractivity contribution < 1.29 is 9.59 Å². The smallest absolute Gasteiger partial charge is 0.266 e. The Morgan fingerprint density at radius 2 is 0.926 bits per heavy atom. The molecule has 0 bridgehead atoms. The molecule has 5 nitrogen and oxygen atoms in total. The molecular weight excluding hydrogens is 663 g/mol. The third-order valence-electron chi connectivity index (χ3n) is 9.80. The zero-order valence-corrected chi connectivity index (χ0v) is 30.9. The lowest BCUT2D eigenvalue weighted by molar-refractivity contribution is -0.119. The van der Waals surface area contributed by atoms with E-state index in [1.165, 1.54) is 4.90 Å². The summed E-state index contributed by atoms with van der Waals surface area (Å²) in [5.74, 6) is -0.471. The normalized spacial score (nSPS) is 13.0. The molecule has 1 heterocycles. The Kier molecular flexibility index (Phi) is 10.2. The predicted octanol–water partition coefficient (Wildman–Crippen LogP) is 11.9. The van der Waals surface area contributed by atoms with Gasteiger partial charge in [-0.3, -0.25) is 9.59 Å². The SMILES string of the molecule is CC(C)c1cccc(C(C)C)c1N1C(=O)C(c2ccc(/C=C/c3ccc(C#N)cc3)cc2)=C(c2ccc(N(c3ccccc3)c3ccccc3)cc2)C1=O. The van der Waals surface area contributed by atoms with Crippen molar-refractivity contribution in [3.05, 3.63) is 191 Å². The van der Waals surface area contributed by atoms with Crippen molar-refractivity contribution in [1.29, 1.82) is 5.26 Å². The summed E-state index contributed by atoms with van der Waals surface area (Å²) in [5, 5.41) is 9.13. The molecule has 7 rings (SSSR count). The molecule has 0 radical (unpaired) electrons. The van der Waals surface area contributed by atoms with Crippen LogP contribution in [0, 0.1) is 11.3 Å². The molecule has 6 aromatic carbocycles. The molecule has 1 aliphatic heterocycles. The van der Waals surface area contributed by atoms with Crippen molar-refractivity contribution in [3.63, 3.8) is 0 Å². The zero-order chi connectivity index (χ0) is 37.8. The molecule has 54 heavy (non-hydrogen) atoms. The molecule has 0 atom stereocenters. The van der Waals surface area contributed by atoms with E-state index in [1.54, 1.807) is 12.1 Å². The highest BCUT2D eigenvalue weighted by Crippen LogP contribution is 2.44. The fourth-order valence-corrected chi connectivity index (χ4v) is 7.04. The average molecular weight is 704 g/mol. The number of para-hydroxylation sites is 3. The maximum atomic E-state index is 14.9. The Bertz CT molecular complexity index is 2340. The average Bonchev–Trinajstić information content (AvgIpc) is 3.46. The van der Waals surface area contributed by atoms with Crippen LogP contribution in [-0.2, 0) is 9.59 Å². The van der Waals surface area contributed by atoms with Crippen molar-refractivity contribution in [3.8, 4) is 6.07 Å². The van der Waals surface area contributed by atoms with E-state index in [9.17, 15) is 9.59 Å². The van der Waals surface area contributed by atoms with Gasteiger partial charge in [-0.25, -0.2) is 4.90 Å². The quantitative estimate of drug-likeness (QED) is 0.105. The zero-order valence-electron chi connectivity index (χ0n) is 30.9. The highest BCUT2D eigenvalue weighted by Gasteiger charge is 2.42. The summed E-state index contributed by atoms with van der Waals surface area (Å²) in [6, 6.07) is 51.6. The van der Waals surface area contributed by atoms with E-state index < -0.39 is 0 Å². The Morgan fingerprint density at radius 3 is 1.35 bits per heavy atom. The third kappa shape index (κ3) is 7.02. The van der Waals surface area contributed by atoms with Crippen LogP contribution in [0.3, 0.4) is 0 Å².